The molecule has 1 aromatic carbocycles. The monoisotopic (exact) mass is 278 g/mol. The van der Waals surface area contributed by atoms with E-state index in [1.54, 1.807) is 12.1 Å². The Bertz CT molecular complexity index is 243. The molecule has 0 heterocycles. The van der Waals surface area contributed by atoms with Crippen molar-refractivity contribution < 1.29 is 0 Å². The van der Waals surface area contributed by atoms with E-state index in [1.807, 2.05) is 12.1 Å². The largest absolute Gasteiger partial charge is 0.384 e. The Morgan fingerprint density at radius 1 is 1.27 bits per heavy atom. The minimum absolute atomic E-state index is 0. The van der Waals surface area contributed by atoms with E-state index in [2.05, 4.69) is 15.9 Å². The topological polar surface area (TPSA) is 49.9 Å². The molecule has 0 radical (unpaired) electrons. The first-order valence-electron chi connectivity index (χ1n) is 2.80. The van der Waals surface area contributed by atoms with Crippen LogP contribution in [0.25, 0.3) is 0 Å². The highest BCUT2D eigenvalue weighted by Gasteiger charge is 1.92. The van der Waals surface area contributed by atoms with Gasteiger partial charge in [0.2, 0.25) is 0 Å². The van der Waals surface area contributed by atoms with Gasteiger partial charge in [-0.3, -0.25) is 5.41 Å². The molecule has 0 bridgehead atoms. The summed E-state index contributed by atoms with van der Waals surface area (Å²) in [6.45, 7) is 0. The number of nitrogen functional groups attached to an aromatic ring is 1. The summed E-state index contributed by atoms with van der Waals surface area (Å²) in [5, 5.41) is 7.07. The SMILES string of the molecule is Br.N=C(N)c1ccc(Br)cc1. The normalized spacial score (nSPS) is 8.45. The molecule has 2 nitrogen and oxygen atoms in total. The zero-order valence-electron chi connectivity index (χ0n) is 5.67. The third kappa shape index (κ3) is 3.03. The van der Waals surface area contributed by atoms with Crippen LogP contribution in [-0.2, 0) is 0 Å². The molecular formula is C7H8Br2N2. The lowest BCUT2D eigenvalue weighted by atomic mass is 10.2. The van der Waals surface area contributed by atoms with Crippen LogP contribution in [0.1, 0.15) is 5.56 Å². The van der Waals surface area contributed by atoms with Crippen LogP contribution in [0.3, 0.4) is 0 Å². The number of hydrogen-bond donors (Lipinski definition) is 2. The van der Waals surface area contributed by atoms with Gasteiger partial charge >= 0.3 is 0 Å². The quantitative estimate of drug-likeness (QED) is 0.602. The van der Waals surface area contributed by atoms with Crippen LogP contribution in [0.15, 0.2) is 28.7 Å². The predicted molar refractivity (Wildman–Crippen MR) is 55.5 cm³/mol. The summed E-state index contributed by atoms with van der Waals surface area (Å²) in [6.07, 6.45) is 0. The van der Waals surface area contributed by atoms with Gasteiger partial charge in [-0.15, -0.1) is 17.0 Å². The summed E-state index contributed by atoms with van der Waals surface area (Å²) in [5.74, 6) is 0.104. The molecule has 0 fully saturated rings. The van der Waals surface area contributed by atoms with E-state index in [0.717, 1.165) is 10.0 Å². The fourth-order valence-electron chi connectivity index (χ4n) is 0.629. The van der Waals surface area contributed by atoms with E-state index in [9.17, 15) is 0 Å². The van der Waals surface area contributed by atoms with Crippen molar-refractivity contribution in [3.63, 3.8) is 0 Å². The van der Waals surface area contributed by atoms with Crippen molar-refractivity contribution in [3.05, 3.63) is 34.3 Å². The molecule has 1 rings (SSSR count). The van der Waals surface area contributed by atoms with Crippen LogP contribution in [0.4, 0.5) is 0 Å². The second-order valence-corrected chi connectivity index (χ2v) is 2.84. The number of amidine groups is 1. The molecule has 0 unspecified atom stereocenters. The number of hydrogen-bond acceptors (Lipinski definition) is 1. The second-order valence-electron chi connectivity index (χ2n) is 1.92. The Morgan fingerprint density at radius 3 is 2.09 bits per heavy atom. The van der Waals surface area contributed by atoms with Gasteiger partial charge in [-0.2, -0.15) is 0 Å². The lowest BCUT2D eigenvalue weighted by Gasteiger charge is -1.95. The number of benzene rings is 1. The summed E-state index contributed by atoms with van der Waals surface area (Å²) in [6, 6.07) is 7.31. The van der Waals surface area contributed by atoms with Crippen molar-refractivity contribution in [2.75, 3.05) is 0 Å². The Balaban J connectivity index is 0.000001000. The number of rotatable bonds is 1. The van der Waals surface area contributed by atoms with Crippen molar-refractivity contribution in [2.45, 2.75) is 0 Å². The van der Waals surface area contributed by atoms with Gasteiger partial charge in [0.15, 0.2) is 0 Å². The molecule has 11 heavy (non-hydrogen) atoms. The average molecular weight is 280 g/mol. The first-order valence-corrected chi connectivity index (χ1v) is 3.59. The Labute approximate surface area is 84.2 Å². The predicted octanol–water partition coefficient (Wildman–Crippen LogP) is 2.31. The summed E-state index contributed by atoms with van der Waals surface area (Å²) in [4.78, 5) is 0. The maximum absolute atomic E-state index is 7.07. The minimum atomic E-state index is 0. The Kier molecular flexibility index (Phi) is 4.37. The van der Waals surface area contributed by atoms with Gasteiger partial charge in [0.05, 0.1) is 0 Å². The van der Waals surface area contributed by atoms with Crippen molar-refractivity contribution in [3.8, 4) is 0 Å². The van der Waals surface area contributed by atoms with E-state index < -0.39 is 0 Å². The third-order valence-electron chi connectivity index (χ3n) is 1.16. The zero-order chi connectivity index (χ0) is 7.56. The van der Waals surface area contributed by atoms with Gasteiger partial charge in [-0.05, 0) is 12.1 Å². The highest BCUT2D eigenvalue weighted by molar-refractivity contribution is 9.10. The van der Waals surface area contributed by atoms with E-state index in [0.29, 0.717) is 0 Å². The first-order chi connectivity index (χ1) is 4.70. The fraction of sp³-hybridized carbons (Fsp3) is 0. The molecular weight excluding hydrogens is 272 g/mol. The number of nitrogens with one attached hydrogen (secondary N) is 1. The maximum atomic E-state index is 7.07. The summed E-state index contributed by atoms with van der Waals surface area (Å²) in [5.41, 5.74) is 5.98. The lowest BCUT2D eigenvalue weighted by Crippen LogP contribution is -2.10. The van der Waals surface area contributed by atoms with E-state index in [1.165, 1.54) is 0 Å². The molecule has 60 valence electrons. The summed E-state index contributed by atoms with van der Waals surface area (Å²) >= 11 is 3.28. The van der Waals surface area contributed by atoms with Gasteiger partial charge in [0.25, 0.3) is 0 Å². The Morgan fingerprint density at radius 2 is 1.73 bits per heavy atom. The molecule has 0 aromatic heterocycles. The zero-order valence-corrected chi connectivity index (χ0v) is 8.97. The highest BCUT2D eigenvalue weighted by atomic mass is 79.9. The minimum Gasteiger partial charge on any atom is -0.384 e. The third-order valence-corrected chi connectivity index (χ3v) is 1.68. The van der Waals surface area contributed by atoms with Gasteiger partial charge < -0.3 is 5.73 Å². The molecule has 0 saturated heterocycles. The molecule has 0 amide bonds. The van der Waals surface area contributed by atoms with E-state index in [-0.39, 0.29) is 22.8 Å². The van der Waals surface area contributed by atoms with Crippen molar-refractivity contribution >= 4 is 38.7 Å². The van der Waals surface area contributed by atoms with Crippen LogP contribution in [0, 0.1) is 5.41 Å². The van der Waals surface area contributed by atoms with Crippen LogP contribution >= 0.6 is 32.9 Å². The molecule has 0 aliphatic carbocycles. The van der Waals surface area contributed by atoms with Gasteiger partial charge in [-0.1, -0.05) is 28.1 Å². The van der Waals surface area contributed by atoms with Crippen LogP contribution < -0.4 is 5.73 Å². The summed E-state index contributed by atoms with van der Waals surface area (Å²) < 4.78 is 0.998. The smallest absolute Gasteiger partial charge is 0.122 e. The van der Waals surface area contributed by atoms with E-state index in [4.69, 9.17) is 11.1 Å². The molecule has 0 aliphatic heterocycles. The first kappa shape index (κ1) is 10.7. The number of halogens is 2. The molecule has 0 aliphatic rings. The van der Waals surface area contributed by atoms with Crippen LogP contribution in [0.2, 0.25) is 0 Å². The van der Waals surface area contributed by atoms with Crippen molar-refractivity contribution in [2.24, 2.45) is 5.73 Å². The molecule has 1 aromatic rings. The molecule has 3 N–H and O–H groups in total. The van der Waals surface area contributed by atoms with Crippen molar-refractivity contribution in [1.29, 1.82) is 5.41 Å². The second kappa shape index (κ2) is 4.51. The van der Waals surface area contributed by atoms with Gasteiger partial charge in [0.1, 0.15) is 5.84 Å². The van der Waals surface area contributed by atoms with Gasteiger partial charge in [-0.25, -0.2) is 0 Å². The lowest BCUT2D eigenvalue weighted by molar-refractivity contribution is 1.42. The van der Waals surface area contributed by atoms with E-state index >= 15 is 0 Å². The standard InChI is InChI=1S/C7H7BrN2.BrH/c8-6-3-1-5(2-4-6)7(9)10;/h1-4H,(H3,9,10);1H. The van der Waals surface area contributed by atoms with Crippen LogP contribution in [-0.4, -0.2) is 5.84 Å². The fourth-order valence-corrected chi connectivity index (χ4v) is 0.894. The maximum Gasteiger partial charge on any atom is 0.122 e. The highest BCUT2D eigenvalue weighted by Crippen LogP contribution is 2.09. The molecule has 0 atom stereocenters. The van der Waals surface area contributed by atoms with Crippen molar-refractivity contribution in [1.82, 2.24) is 0 Å². The molecule has 4 heteroatoms. The van der Waals surface area contributed by atoms with Gasteiger partial charge in [0, 0.05) is 10.0 Å². The molecule has 0 spiro atoms. The average Bonchev–Trinajstić information content (AvgIpc) is 1.88. The Hall–Kier alpha value is -0.350. The number of nitrogens with two attached hydrogens (primary N) is 1. The molecule has 0 saturated carbocycles. The van der Waals surface area contributed by atoms with Crippen LogP contribution in [0.5, 0.6) is 0 Å². The summed E-state index contributed by atoms with van der Waals surface area (Å²) in [7, 11) is 0.